The minimum Gasteiger partial charge on any atom is -0.616 e. The maximum absolute atomic E-state index is 14.5. The van der Waals surface area contributed by atoms with Gasteiger partial charge in [0.25, 0.3) is 5.91 Å². The van der Waals surface area contributed by atoms with Crippen molar-refractivity contribution in [3.8, 4) is 12.3 Å². The highest BCUT2D eigenvalue weighted by atomic mass is 32.2. The van der Waals surface area contributed by atoms with Crippen molar-refractivity contribution in [1.29, 1.82) is 0 Å². The summed E-state index contributed by atoms with van der Waals surface area (Å²) in [6, 6.07) is -3.67. The molecule has 276 valence electrons. The van der Waals surface area contributed by atoms with Crippen LogP contribution in [-0.4, -0.2) is 86.2 Å². The number of amides is 5. The first kappa shape index (κ1) is 42.1. The van der Waals surface area contributed by atoms with Crippen LogP contribution < -0.4 is 21.3 Å². The molecule has 5 atom stereocenters. The van der Waals surface area contributed by atoms with E-state index >= 15 is 0 Å². The third kappa shape index (κ3) is 11.8. The SMILES string of the molecule is C#CCCC(NC(=O)[C@@H]1CC(C)(C)C(C)CN1C(=O)[C@@H](NC(=O)NC1(C[S+]([O-])C(C)(C)C)CCCCC1)C(C)(C)C)C(=O)C(=O)NCC=C. The summed E-state index contributed by atoms with van der Waals surface area (Å²) in [4.78, 5) is 69.4. The van der Waals surface area contributed by atoms with Crippen LogP contribution in [0.2, 0.25) is 0 Å². The Morgan fingerprint density at radius 3 is 2.20 bits per heavy atom. The molecule has 1 aliphatic heterocycles. The minimum absolute atomic E-state index is 0.0105. The van der Waals surface area contributed by atoms with E-state index in [1.54, 1.807) is 0 Å². The Labute approximate surface area is 297 Å². The molecular formula is C37H61N5O6S. The number of likely N-dealkylation sites (tertiary alicyclic amines) is 1. The van der Waals surface area contributed by atoms with E-state index in [9.17, 15) is 28.5 Å². The van der Waals surface area contributed by atoms with Gasteiger partial charge >= 0.3 is 6.03 Å². The van der Waals surface area contributed by atoms with Gasteiger partial charge in [-0.25, -0.2) is 4.79 Å². The van der Waals surface area contributed by atoms with Gasteiger partial charge in [-0.1, -0.05) is 66.9 Å². The zero-order chi connectivity index (χ0) is 37.4. The zero-order valence-electron chi connectivity index (χ0n) is 31.3. The number of piperidine rings is 1. The molecule has 3 unspecified atom stereocenters. The average Bonchev–Trinajstić information content (AvgIpc) is 3.00. The second-order valence-electron chi connectivity index (χ2n) is 16.6. The molecule has 1 saturated carbocycles. The summed E-state index contributed by atoms with van der Waals surface area (Å²) in [7, 11) is 0. The monoisotopic (exact) mass is 703 g/mol. The van der Waals surface area contributed by atoms with Crippen molar-refractivity contribution >= 4 is 40.7 Å². The van der Waals surface area contributed by atoms with Crippen LogP contribution in [0.25, 0.3) is 0 Å². The lowest BCUT2D eigenvalue weighted by molar-refractivity contribution is -0.151. The van der Waals surface area contributed by atoms with Crippen molar-refractivity contribution in [2.45, 2.75) is 142 Å². The molecule has 5 amide bonds. The summed E-state index contributed by atoms with van der Waals surface area (Å²) in [6.45, 7) is 21.3. The molecule has 0 aromatic rings. The topological polar surface area (TPSA) is 160 Å². The number of terminal acetylenes is 1. The van der Waals surface area contributed by atoms with Gasteiger partial charge in [0.05, 0.1) is 11.6 Å². The van der Waals surface area contributed by atoms with Gasteiger partial charge in [0.2, 0.25) is 17.6 Å². The summed E-state index contributed by atoms with van der Waals surface area (Å²) < 4.78 is 12.8. The Morgan fingerprint density at radius 2 is 1.67 bits per heavy atom. The lowest BCUT2D eigenvalue weighted by Crippen LogP contribution is -2.66. The van der Waals surface area contributed by atoms with Gasteiger partial charge in [-0.3, -0.25) is 19.2 Å². The van der Waals surface area contributed by atoms with E-state index in [1.165, 1.54) is 11.0 Å². The number of hydrogen-bond donors (Lipinski definition) is 4. The number of Topliss-reactive ketones (excluding diaryl/α,β-unsaturated/α-hetero) is 1. The standard InChI is InChI=1S/C37H61N5O6S/c1-12-14-18-26(28(43)31(45)38-21-13-2)39-30(44)27-22-36(10,11)25(3)23-42(27)32(46)29(34(4,5)6)40-33(47)41-37(19-16-15-17-20-37)24-49(48)35(7,8)9/h1,13,25-27,29H,2,14-24H2,3-11H3,(H,38,45)(H,39,44)(H2,40,41,47)/t25?,26?,27-,29+,49?/m0/s1. The van der Waals surface area contributed by atoms with Gasteiger partial charge in [0, 0.05) is 19.5 Å². The number of carbonyl (C=O) groups is 5. The molecule has 2 fully saturated rings. The molecule has 0 aromatic carbocycles. The van der Waals surface area contributed by atoms with Crippen molar-refractivity contribution in [3.63, 3.8) is 0 Å². The van der Waals surface area contributed by atoms with E-state index in [0.717, 1.165) is 19.3 Å². The molecule has 4 N–H and O–H groups in total. The van der Waals surface area contributed by atoms with E-state index in [-0.39, 0.29) is 37.3 Å². The molecule has 12 heteroatoms. The number of urea groups is 1. The van der Waals surface area contributed by atoms with E-state index in [0.29, 0.717) is 25.0 Å². The minimum atomic E-state index is -1.20. The molecule has 49 heavy (non-hydrogen) atoms. The second-order valence-corrected chi connectivity index (χ2v) is 18.8. The Hall–Kier alpha value is -3.04. The van der Waals surface area contributed by atoms with Crippen molar-refractivity contribution in [2.24, 2.45) is 16.7 Å². The molecule has 2 aliphatic rings. The van der Waals surface area contributed by atoms with Crippen LogP contribution in [0.4, 0.5) is 4.79 Å². The maximum atomic E-state index is 14.5. The smallest absolute Gasteiger partial charge is 0.316 e. The van der Waals surface area contributed by atoms with Gasteiger partial charge in [0.1, 0.15) is 22.6 Å². The number of carbonyl (C=O) groups excluding carboxylic acids is 5. The Kier molecular flexibility index (Phi) is 14.8. The van der Waals surface area contributed by atoms with Crippen molar-refractivity contribution < 1.29 is 28.5 Å². The first-order valence-corrected chi connectivity index (χ1v) is 18.8. The average molecular weight is 704 g/mol. The first-order valence-electron chi connectivity index (χ1n) is 17.5. The fraction of sp³-hybridized carbons (Fsp3) is 0.757. The number of ketones is 1. The lowest BCUT2D eigenvalue weighted by atomic mass is 9.71. The molecule has 0 bridgehead atoms. The van der Waals surface area contributed by atoms with Gasteiger partial charge in [-0.15, -0.1) is 18.9 Å². The van der Waals surface area contributed by atoms with Crippen LogP contribution >= 0.6 is 0 Å². The van der Waals surface area contributed by atoms with Crippen molar-refractivity contribution in [1.82, 2.24) is 26.2 Å². The molecule has 2 rings (SSSR count). The van der Waals surface area contributed by atoms with E-state index in [2.05, 4.69) is 33.8 Å². The van der Waals surface area contributed by atoms with Crippen LogP contribution in [0.15, 0.2) is 12.7 Å². The summed E-state index contributed by atoms with van der Waals surface area (Å²) in [6.07, 6.45) is 11.6. The highest BCUT2D eigenvalue weighted by molar-refractivity contribution is 7.92. The van der Waals surface area contributed by atoms with Gasteiger partial charge in [-0.05, 0) is 74.4 Å². The van der Waals surface area contributed by atoms with Crippen molar-refractivity contribution in [2.75, 3.05) is 18.8 Å². The number of hydrogen-bond acceptors (Lipinski definition) is 6. The number of rotatable bonds is 13. The largest absolute Gasteiger partial charge is 0.616 e. The quantitative estimate of drug-likeness (QED) is 0.0983. The fourth-order valence-corrected chi connectivity index (χ4v) is 7.65. The second kappa shape index (κ2) is 17.3. The molecule has 1 heterocycles. The summed E-state index contributed by atoms with van der Waals surface area (Å²) in [5.41, 5.74) is -1.74. The third-order valence-electron chi connectivity index (χ3n) is 10.00. The normalized spacial score (nSPS) is 22.3. The number of nitrogens with one attached hydrogen (secondary N) is 4. The van der Waals surface area contributed by atoms with Gasteiger partial charge in [-0.2, -0.15) is 0 Å². The van der Waals surface area contributed by atoms with Gasteiger partial charge < -0.3 is 30.7 Å². The van der Waals surface area contributed by atoms with E-state index in [4.69, 9.17) is 6.42 Å². The first-order chi connectivity index (χ1) is 22.6. The third-order valence-corrected chi connectivity index (χ3v) is 12.2. The molecule has 0 aromatic heterocycles. The van der Waals surface area contributed by atoms with Crippen LogP contribution in [0.5, 0.6) is 0 Å². The van der Waals surface area contributed by atoms with Gasteiger partial charge in [0.15, 0.2) is 0 Å². The highest BCUT2D eigenvalue weighted by Gasteiger charge is 2.48. The molecule has 0 radical (unpaired) electrons. The predicted octanol–water partition coefficient (Wildman–Crippen LogP) is 3.98. The molecule has 11 nitrogen and oxygen atoms in total. The van der Waals surface area contributed by atoms with Crippen LogP contribution in [0.1, 0.15) is 114 Å². The van der Waals surface area contributed by atoms with Crippen LogP contribution in [0.3, 0.4) is 0 Å². The van der Waals surface area contributed by atoms with Crippen molar-refractivity contribution in [3.05, 3.63) is 12.7 Å². The highest BCUT2D eigenvalue weighted by Crippen LogP contribution is 2.40. The maximum Gasteiger partial charge on any atom is 0.316 e. The fourth-order valence-electron chi connectivity index (χ4n) is 6.36. The Bertz CT molecular complexity index is 1260. The molecule has 0 spiro atoms. The van der Waals surface area contributed by atoms with Crippen LogP contribution in [-0.2, 0) is 30.4 Å². The molecule has 1 saturated heterocycles. The van der Waals surface area contributed by atoms with E-state index < -0.39 is 74.5 Å². The van der Waals surface area contributed by atoms with E-state index in [1.807, 2.05) is 62.3 Å². The lowest BCUT2D eigenvalue weighted by Gasteiger charge is -2.49. The summed E-state index contributed by atoms with van der Waals surface area (Å²) in [5, 5.41) is 11.3. The summed E-state index contributed by atoms with van der Waals surface area (Å²) in [5.74, 6) is 0.107. The molecular weight excluding hydrogens is 643 g/mol. The van der Waals surface area contributed by atoms with Crippen LogP contribution in [0, 0.1) is 29.1 Å². The predicted molar refractivity (Wildman–Crippen MR) is 195 cm³/mol. The number of nitrogens with zero attached hydrogens (tertiary/aromatic N) is 1. The zero-order valence-corrected chi connectivity index (χ0v) is 32.1. The summed E-state index contributed by atoms with van der Waals surface area (Å²) >= 11 is -1.20. The Balaban J connectivity index is 2.40. The Morgan fingerprint density at radius 1 is 1.06 bits per heavy atom. The molecule has 1 aliphatic carbocycles.